The molecule has 0 radical (unpaired) electrons. The van der Waals surface area contributed by atoms with E-state index < -0.39 is 0 Å². The summed E-state index contributed by atoms with van der Waals surface area (Å²) >= 11 is 1.46. The Hall–Kier alpha value is -2.54. The molecule has 1 fully saturated rings. The number of halogens is 1. The normalized spacial score (nSPS) is 17.5. The molecule has 7 heteroatoms. The molecule has 1 amide bonds. The molecule has 1 aliphatic heterocycles. The molecular formula is C22H25FN4OS. The molecule has 2 aromatic heterocycles. The van der Waals surface area contributed by atoms with Gasteiger partial charge in [-0.3, -0.25) is 9.78 Å². The predicted molar refractivity (Wildman–Crippen MR) is 116 cm³/mol. The lowest BCUT2D eigenvalue weighted by molar-refractivity contribution is -0.120. The Kier molecular flexibility index (Phi) is 5.25. The Balaban J connectivity index is 1.51. The minimum Gasteiger partial charge on any atom is -0.370 e. The largest absolute Gasteiger partial charge is 0.370 e. The number of piperidine rings is 1. The van der Waals surface area contributed by atoms with Gasteiger partial charge in [0.25, 0.3) is 0 Å². The molecule has 0 aliphatic carbocycles. The van der Waals surface area contributed by atoms with Crippen LogP contribution in [-0.4, -0.2) is 29.0 Å². The number of nitrogens with zero attached hydrogens (tertiary/aromatic N) is 3. The third kappa shape index (κ3) is 4.24. The highest BCUT2D eigenvalue weighted by Gasteiger charge is 2.28. The zero-order valence-electron chi connectivity index (χ0n) is 16.9. The van der Waals surface area contributed by atoms with Gasteiger partial charge in [0.15, 0.2) is 5.13 Å². The fourth-order valence-electron chi connectivity index (χ4n) is 3.67. The van der Waals surface area contributed by atoms with E-state index in [9.17, 15) is 9.18 Å². The van der Waals surface area contributed by atoms with Crippen molar-refractivity contribution in [2.24, 2.45) is 5.92 Å². The van der Waals surface area contributed by atoms with E-state index in [2.05, 4.69) is 41.0 Å². The van der Waals surface area contributed by atoms with Crippen LogP contribution in [0.1, 0.15) is 39.3 Å². The maximum atomic E-state index is 13.8. The second kappa shape index (κ2) is 7.71. The van der Waals surface area contributed by atoms with Gasteiger partial charge in [0.2, 0.25) is 5.91 Å². The van der Waals surface area contributed by atoms with E-state index in [1.165, 1.54) is 23.5 Å². The van der Waals surface area contributed by atoms with E-state index >= 15 is 0 Å². The fraction of sp³-hybridized carbons (Fsp3) is 0.409. The number of carbonyl (C=O) groups excluding carboxylic acids is 1. The first kappa shape index (κ1) is 19.8. The van der Waals surface area contributed by atoms with E-state index in [1.807, 2.05) is 11.4 Å². The van der Waals surface area contributed by atoms with Crippen LogP contribution in [0.5, 0.6) is 0 Å². The van der Waals surface area contributed by atoms with Gasteiger partial charge < -0.3 is 10.2 Å². The minimum atomic E-state index is -0.281. The third-order valence-electron chi connectivity index (χ3n) is 5.32. The maximum absolute atomic E-state index is 13.8. The van der Waals surface area contributed by atoms with Gasteiger partial charge in [-0.2, -0.15) is 0 Å². The third-order valence-corrected chi connectivity index (χ3v) is 6.07. The average Bonchev–Trinajstić information content (AvgIpc) is 3.16. The lowest BCUT2D eigenvalue weighted by Crippen LogP contribution is -2.40. The van der Waals surface area contributed by atoms with E-state index in [0.29, 0.717) is 11.7 Å². The standard InChI is InChI=1S/C22H25FN4OS/c1-22(2,3)19-13-29-21(25-19)26-20(28)14-5-4-10-27(12-14)18-8-9-24-17-7-6-15(23)11-16(17)18/h6-9,11,13-14H,4-5,10,12H2,1-3H3,(H,25,26,28). The molecule has 0 saturated carbocycles. The van der Waals surface area contributed by atoms with Crippen LogP contribution < -0.4 is 10.2 Å². The SMILES string of the molecule is CC(C)(C)c1csc(NC(=O)C2CCCN(c3ccnc4ccc(F)cc34)C2)n1. The smallest absolute Gasteiger partial charge is 0.231 e. The molecule has 1 aromatic carbocycles. The van der Waals surface area contributed by atoms with Crippen LogP contribution >= 0.6 is 11.3 Å². The molecule has 1 unspecified atom stereocenters. The highest BCUT2D eigenvalue weighted by Crippen LogP contribution is 2.31. The number of thiazole rings is 1. The molecule has 3 heterocycles. The molecule has 5 nitrogen and oxygen atoms in total. The van der Waals surface area contributed by atoms with Gasteiger partial charge >= 0.3 is 0 Å². The van der Waals surface area contributed by atoms with Gasteiger partial charge in [0, 0.05) is 41.2 Å². The number of nitrogens with one attached hydrogen (secondary N) is 1. The molecule has 29 heavy (non-hydrogen) atoms. The number of amides is 1. The lowest BCUT2D eigenvalue weighted by atomic mass is 9.93. The van der Waals surface area contributed by atoms with Crippen LogP contribution in [0.15, 0.2) is 35.8 Å². The number of aromatic nitrogens is 2. The Morgan fingerprint density at radius 3 is 2.90 bits per heavy atom. The van der Waals surface area contributed by atoms with Gasteiger partial charge in [-0.1, -0.05) is 20.8 Å². The summed E-state index contributed by atoms with van der Waals surface area (Å²) in [5.41, 5.74) is 2.62. The number of anilines is 2. The average molecular weight is 413 g/mol. The second-order valence-corrected chi connectivity index (χ2v) is 9.41. The molecule has 1 atom stereocenters. The molecule has 152 valence electrons. The number of pyridine rings is 1. The van der Waals surface area contributed by atoms with Gasteiger partial charge in [-0.15, -0.1) is 11.3 Å². The van der Waals surface area contributed by atoms with Crippen LogP contribution in [0, 0.1) is 11.7 Å². The summed E-state index contributed by atoms with van der Waals surface area (Å²) in [7, 11) is 0. The van der Waals surface area contributed by atoms with Crippen molar-refractivity contribution < 1.29 is 9.18 Å². The molecule has 0 bridgehead atoms. The number of carbonyl (C=O) groups is 1. The van der Waals surface area contributed by atoms with E-state index in [0.717, 1.165) is 41.7 Å². The van der Waals surface area contributed by atoms with Crippen molar-refractivity contribution in [2.45, 2.75) is 39.0 Å². The van der Waals surface area contributed by atoms with Gasteiger partial charge in [-0.25, -0.2) is 9.37 Å². The molecule has 1 aliphatic rings. The van der Waals surface area contributed by atoms with Crippen LogP contribution in [0.4, 0.5) is 15.2 Å². The highest BCUT2D eigenvalue weighted by atomic mass is 32.1. The van der Waals surface area contributed by atoms with Crippen LogP contribution in [-0.2, 0) is 10.2 Å². The number of fused-ring (bicyclic) bond motifs is 1. The van der Waals surface area contributed by atoms with Gasteiger partial charge in [0.1, 0.15) is 5.82 Å². The summed E-state index contributed by atoms with van der Waals surface area (Å²) in [6.07, 6.45) is 3.47. The zero-order chi connectivity index (χ0) is 20.6. The summed E-state index contributed by atoms with van der Waals surface area (Å²) in [5.74, 6) is -0.423. The lowest BCUT2D eigenvalue weighted by Gasteiger charge is -2.34. The van der Waals surface area contributed by atoms with Crippen molar-refractivity contribution >= 4 is 39.0 Å². The Bertz CT molecular complexity index is 1040. The molecule has 0 spiro atoms. The highest BCUT2D eigenvalue weighted by molar-refractivity contribution is 7.13. The first-order valence-corrected chi connectivity index (χ1v) is 10.8. The number of hydrogen-bond acceptors (Lipinski definition) is 5. The van der Waals surface area contributed by atoms with E-state index in [-0.39, 0.29) is 23.1 Å². The van der Waals surface area contributed by atoms with Crippen LogP contribution in [0.2, 0.25) is 0 Å². The zero-order valence-corrected chi connectivity index (χ0v) is 17.7. The van der Waals surface area contributed by atoms with E-state index in [4.69, 9.17) is 0 Å². The first-order chi connectivity index (χ1) is 13.8. The van der Waals surface area contributed by atoms with Gasteiger partial charge in [0.05, 0.1) is 17.1 Å². The van der Waals surface area contributed by atoms with Crippen molar-refractivity contribution in [2.75, 3.05) is 23.3 Å². The summed E-state index contributed by atoms with van der Waals surface area (Å²) in [6, 6.07) is 6.53. The summed E-state index contributed by atoms with van der Waals surface area (Å²) in [5, 5.41) is 6.42. The quantitative estimate of drug-likeness (QED) is 0.659. The van der Waals surface area contributed by atoms with E-state index in [1.54, 1.807) is 12.3 Å². The summed E-state index contributed by atoms with van der Waals surface area (Å²) in [6.45, 7) is 7.75. The molecule has 4 rings (SSSR count). The molecule has 3 aromatic rings. The fourth-order valence-corrected chi connectivity index (χ4v) is 4.61. The van der Waals surface area contributed by atoms with Crippen LogP contribution in [0.3, 0.4) is 0 Å². The molecular weight excluding hydrogens is 387 g/mol. The van der Waals surface area contributed by atoms with Gasteiger partial charge in [-0.05, 0) is 37.1 Å². The van der Waals surface area contributed by atoms with Crippen LogP contribution in [0.25, 0.3) is 10.9 Å². The monoisotopic (exact) mass is 412 g/mol. The predicted octanol–water partition coefficient (Wildman–Crippen LogP) is 4.98. The van der Waals surface area contributed by atoms with Crippen molar-refractivity contribution in [1.82, 2.24) is 9.97 Å². The summed E-state index contributed by atoms with van der Waals surface area (Å²) < 4.78 is 13.8. The maximum Gasteiger partial charge on any atom is 0.231 e. The number of benzene rings is 1. The van der Waals surface area contributed by atoms with Crippen molar-refractivity contribution in [3.8, 4) is 0 Å². The molecule has 1 N–H and O–H groups in total. The van der Waals surface area contributed by atoms with Crippen molar-refractivity contribution in [1.29, 1.82) is 0 Å². The molecule has 1 saturated heterocycles. The number of rotatable bonds is 3. The summed E-state index contributed by atoms with van der Waals surface area (Å²) in [4.78, 5) is 23.9. The first-order valence-electron chi connectivity index (χ1n) is 9.87. The Labute approximate surface area is 174 Å². The Morgan fingerprint density at radius 1 is 1.31 bits per heavy atom. The van der Waals surface area contributed by atoms with Crippen molar-refractivity contribution in [3.05, 3.63) is 47.4 Å². The number of hydrogen-bond donors (Lipinski definition) is 1. The topological polar surface area (TPSA) is 58.1 Å². The van der Waals surface area contributed by atoms with Crippen molar-refractivity contribution in [3.63, 3.8) is 0 Å². The Morgan fingerprint density at radius 2 is 2.14 bits per heavy atom. The minimum absolute atomic E-state index is 0.00551. The second-order valence-electron chi connectivity index (χ2n) is 8.55.